The first-order chi connectivity index (χ1) is 6.63. The van der Waals surface area contributed by atoms with Crippen molar-refractivity contribution in [2.45, 2.75) is 31.7 Å². The Morgan fingerprint density at radius 3 is 2.71 bits per heavy atom. The largest absolute Gasteiger partial charge is 0.496 e. The summed E-state index contributed by atoms with van der Waals surface area (Å²) in [4.78, 5) is 0. The third-order valence-corrected chi connectivity index (χ3v) is 2.92. The minimum Gasteiger partial charge on any atom is -0.496 e. The molecule has 2 rings (SSSR count). The number of methoxy groups -OCH3 is 1. The minimum absolute atomic E-state index is 0.0836. The highest BCUT2D eigenvalue weighted by Crippen LogP contribution is 2.36. The number of ether oxygens (including phenoxy) is 1. The van der Waals surface area contributed by atoms with Crippen LogP contribution < -0.4 is 10.5 Å². The summed E-state index contributed by atoms with van der Waals surface area (Å²) in [5.41, 5.74) is 8.61. The van der Waals surface area contributed by atoms with Crippen LogP contribution in [0.3, 0.4) is 0 Å². The van der Waals surface area contributed by atoms with E-state index in [1.807, 2.05) is 0 Å². The van der Waals surface area contributed by atoms with Gasteiger partial charge < -0.3 is 10.5 Å². The van der Waals surface area contributed by atoms with Gasteiger partial charge in [-0.15, -0.1) is 0 Å². The average Bonchev–Trinajstić information content (AvgIpc) is 2.87. The Labute approximate surface area is 85.1 Å². The van der Waals surface area contributed by atoms with Gasteiger partial charge in [0.1, 0.15) is 5.75 Å². The zero-order valence-electron chi connectivity index (χ0n) is 8.84. The van der Waals surface area contributed by atoms with Crippen molar-refractivity contribution in [3.05, 3.63) is 29.3 Å². The molecule has 1 aliphatic carbocycles. The van der Waals surface area contributed by atoms with Crippen LogP contribution in [0.25, 0.3) is 0 Å². The number of aryl methyl sites for hydroxylation is 1. The van der Waals surface area contributed by atoms with Crippen molar-refractivity contribution >= 4 is 0 Å². The fourth-order valence-electron chi connectivity index (χ4n) is 1.72. The predicted molar refractivity (Wildman–Crippen MR) is 57.6 cm³/mol. The molecule has 0 aliphatic heterocycles. The molecule has 1 fully saturated rings. The van der Waals surface area contributed by atoms with Crippen molar-refractivity contribution in [2.75, 3.05) is 7.11 Å². The Balaban J connectivity index is 2.18. The van der Waals surface area contributed by atoms with E-state index in [1.54, 1.807) is 7.11 Å². The van der Waals surface area contributed by atoms with Crippen molar-refractivity contribution in [1.29, 1.82) is 0 Å². The van der Waals surface area contributed by atoms with Gasteiger partial charge in [0.05, 0.1) is 7.11 Å². The summed E-state index contributed by atoms with van der Waals surface area (Å²) >= 11 is 0. The van der Waals surface area contributed by atoms with Gasteiger partial charge >= 0.3 is 0 Å². The first kappa shape index (κ1) is 9.53. The normalized spacial score (nSPS) is 17.9. The summed E-state index contributed by atoms with van der Waals surface area (Å²) in [6, 6.07) is 6.34. The first-order valence-corrected chi connectivity index (χ1v) is 5.05. The van der Waals surface area contributed by atoms with Crippen molar-refractivity contribution in [2.24, 2.45) is 5.73 Å². The summed E-state index contributed by atoms with van der Waals surface area (Å²) in [5, 5.41) is 0. The van der Waals surface area contributed by atoms with Gasteiger partial charge in [0.2, 0.25) is 0 Å². The van der Waals surface area contributed by atoms with Crippen LogP contribution in [0.15, 0.2) is 18.2 Å². The van der Waals surface area contributed by atoms with Crippen LogP contribution in [0.1, 0.15) is 24.0 Å². The lowest BCUT2D eigenvalue weighted by Gasteiger charge is -2.11. The smallest absolute Gasteiger partial charge is 0.122 e. The van der Waals surface area contributed by atoms with E-state index in [-0.39, 0.29) is 5.54 Å². The van der Waals surface area contributed by atoms with E-state index in [2.05, 4.69) is 25.1 Å². The van der Waals surface area contributed by atoms with Crippen molar-refractivity contribution < 1.29 is 4.74 Å². The lowest BCUT2D eigenvalue weighted by molar-refractivity contribution is 0.411. The lowest BCUT2D eigenvalue weighted by Crippen LogP contribution is -2.24. The molecule has 0 saturated heterocycles. The molecule has 76 valence electrons. The molecule has 2 N–H and O–H groups in total. The third kappa shape index (κ3) is 1.90. The SMILES string of the molecule is COc1cc(CC2(N)CC2)ccc1C. The van der Waals surface area contributed by atoms with Crippen LogP contribution in [0.4, 0.5) is 0 Å². The second-order valence-electron chi connectivity index (χ2n) is 4.34. The molecule has 1 aromatic rings. The average molecular weight is 191 g/mol. The van der Waals surface area contributed by atoms with Gasteiger partial charge in [-0.25, -0.2) is 0 Å². The van der Waals surface area contributed by atoms with E-state index >= 15 is 0 Å². The van der Waals surface area contributed by atoms with Crippen molar-refractivity contribution in [3.63, 3.8) is 0 Å². The summed E-state index contributed by atoms with van der Waals surface area (Å²) < 4.78 is 5.28. The maximum Gasteiger partial charge on any atom is 0.122 e. The van der Waals surface area contributed by atoms with E-state index in [0.29, 0.717) is 0 Å². The fraction of sp³-hybridized carbons (Fsp3) is 0.500. The van der Waals surface area contributed by atoms with Gasteiger partial charge in [-0.1, -0.05) is 12.1 Å². The number of hydrogen-bond acceptors (Lipinski definition) is 2. The molecular formula is C12H17NO. The lowest BCUT2D eigenvalue weighted by atomic mass is 10.0. The van der Waals surface area contributed by atoms with E-state index in [0.717, 1.165) is 25.0 Å². The standard InChI is InChI=1S/C12H17NO/c1-9-3-4-10(7-11(9)14-2)8-12(13)5-6-12/h3-4,7H,5-6,8,13H2,1-2H3. The predicted octanol–water partition coefficient (Wildman–Crippen LogP) is 2.04. The minimum atomic E-state index is 0.0836. The molecule has 0 spiro atoms. The monoisotopic (exact) mass is 191 g/mol. The summed E-state index contributed by atoms with van der Waals surface area (Å²) in [7, 11) is 1.71. The quantitative estimate of drug-likeness (QED) is 0.793. The van der Waals surface area contributed by atoms with Gasteiger partial charge in [0.25, 0.3) is 0 Å². The van der Waals surface area contributed by atoms with Crippen LogP contribution in [-0.4, -0.2) is 12.6 Å². The molecule has 0 radical (unpaired) electrons. The summed E-state index contributed by atoms with van der Waals surface area (Å²) in [5.74, 6) is 0.965. The Bertz CT molecular complexity index is 342. The zero-order valence-corrected chi connectivity index (χ0v) is 8.84. The molecule has 2 nitrogen and oxygen atoms in total. The Morgan fingerprint density at radius 2 is 2.14 bits per heavy atom. The molecule has 0 amide bonds. The number of nitrogens with two attached hydrogens (primary N) is 1. The van der Waals surface area contributed by atoms with Gasteiger partial charge in [-0.05, 0) is 43.4 Å². The maximum absolute atomic E-state index is 6.07. The Kier molecular flexibility index (Phi) is 2.23. The topological polar surface area (TPSA) is 35.2 Å². The second kappa shape index (κ2) is 3.28. The molecule has 0 heterocycles. The highest BCUT2D eigenvalue weighted by molar-refractivity contribution is 5.37. The van der Waals surface area contributed by atoms with Gasteiger partial charge in [-0.3, -0.25) is 0 Å². The summed E-state index contributed by atoms with van der Waals surface area (Å²) in [6.45, 7) is 2.05. The second-order valence-corrected chi connectivity index (χ2v) is 4.34. The third-order valence-electron chi connectivity index (χ3n) is 2.92. The molecule has 0 aromatic heterocycles. The van der Waals surface area contributed by atoms with Crippen LogP contribution in [0.5, 0.6) is 5.75 Å². The van der Waals surface area contributed by atoms with Crippen LogP contribution in [-0.2, 0) is 6.42 Å². The van der Waals surface area contributed by atoms with Gasteiger partial charge in [0, 0.05) is 5.54 Å². The van der Waals surface area contributed by atoms with E-state index in [9.17, 15) is 0 Å². The fourth-order valence-corrected chi connectivity index (χ4v) is 1.72. The van der Waals surface area contributed by atoms with E-state index < -0.39 is 0 Å². The molecule has 2 heteroatoms. The Hall–Kier alpha value is -1.02. The van der Waals surface area contributed by atoms with Gasteiger partial charge in [0.15, 0.2) is 0 Å². The molecule has 0 atom stereocenters. The zero-order chi connectivity index (χ0) is 10.2. The molecule has 0 unspecified atom stereocenters. The molecule has 1 aliphatic rings. The van der Waals surface area contributed by atoms with Crippen molar-refractivity contribution in [1.82, 2.24) is 0 Å². The molecule has 0 bridgehead atoms. The molecule has 1 aromatic carbocycles. The summed E-state index contributed by atoms with van der Waals surface area (Å²) in [6.07, 6.45) is 3.29. The van der Waals surface area contributed by atoms with Gasteiger partial charge in [-0.2, -0.15) is 0 Å². The molecule has 14 heavy (non-hydrogen) atoms. The number of benzene rings is 1. The number of hydrogen-bond donors (Lipinski definition) is 1. The van der Waals surface area contributed by atoms with Crippen LogP contribution in [0, 0.1) is 6.92 Å². The highest BCUT2D eigenvalue weighted by Gasteiger charge is 2.37. The van der Waals surface area contributed by atoms with E-state index in [4.69, 9.17) is 10.5 Å². The molecule has 1 saturated carbocycles. The molecular weight excluding hydrogens is 174 g/mol. The first-order valence-electron chi connectivity index (χ1n) is 5.05. The van der Waals surface area contributed by atoms with Crippen molar-refractivity contribution in [3.8, 4) is 5.75 Å². The van der Waals surface area contributed by atoms with Crippen LogP contribution >= 0.6 is 0 Å². The highest BCUT2D eigenvalue weighted by atomic mass is 16.5. The Morgan fingerprint density at radius 1 is 1.43 bits per heavy atom. The maximum atomic E-state index is 6.07. The van der Waals surface area contributed by atoms with E-state index in [1.165, 1.54) is 11.1 Å². The van der Waals surface area contributed by atoms with Crippen LogP contribution in [0.2, 0.25) is 0 Å². The number of rotatable bonds is 3.